The number of aromatic nitrogens is 2. The van der Waals surface area contributed by atoms with Gasteiger partial charge in [-0.25, -0.2) is 22.5 Å². The molecule has 1 atom stereocenters. The van der Waals surface area contributed by atoms with Crippen LogP contribution in [0.3, 0.4) is 0 Å². The zero-order valence-corrected chi connectivity index (χ0v) is 16.2. The number of imidazole rings is 1. The predicted molar refractivity (Wildman–Crippen MR) is 106 cm³/mol. The number of hydrogen-bond donors (Lipinski definition) is 1. The summed E-state index contributed by atoms with van der Waals surface area (Å²) in [5.41, 5.74) is 1.87. The lowest BCUT2D eigenvalue weighted by molar-refractivity contribution is -0.000203. The lowest BCUT2D eigenvalue weighted by atomic mass is 10.0. The van der Waals surface area contributed by atoms with Crippen LogP contribution in [0.2, 0.25) is 0 Å². The molecule has 0 saturated carbocycles. The fraction of sp³-hybridized carbons (Fsp3) is 0.174. The molecule has 0 aliphatic carbocycles. The second-order valence-electron chi connectivity index (χ2n) is 7.12. The Morgan fingerprint density at radius 3 is 1.97 bits per heavy atom. The lowest BCUT2D eigenvalue weighted by Crippen LogP contribution is -2.23. The molecule has 160 valence electrons. The average molecular weight is 430 g/mol. The van der Waals surface area contributed by atoms with Gasteiger partial charge in [-0.15, -0.1) is 0 Å². The van der Waals surface area contributed by atoms with Gasteiger partial charge >= 0.3 is 0 Å². The summed E-state index contributed by atoms with van der Waals surface area (Å²) in [5, 5.41) is 10.5. The minimum atomic E-state index is -1.01. The summed E-state index contributed by atoms with van der Waals surface area (Å²) in [4.78, 5) is 4.01. The van der Waals surface area contributed by atoms with Crippen LogP contribution in [-0.2, 0) is 11.3 Å². The van der Waals surface area contributed by atoms with Crippen LogP contribution in [-0.4, -0.2) is 27.4 Å². The normalized spacial score (nSPS) is 12.6. The van der Waals surface area contributed by atoms with Crippen LogP contribution < -0.4 is 0 Å². The van der Waals surface area contributed by atoms with Gasteiger partial charge in [-0.2, -0.15) is 0 Å². The Bertz CT molecular complexity index is 1130. The Hall–Kier alpha value is -3.23. The van der Waals surface area contributed by atoms with Gasteiger partial charge in [0.1, 0.15) is 17.7 Å². The standard InChI is InChI=1S/C23H18F4N2O2/c24-16-5-1-14(2-6-16)23(15-3-7-17(25)8-4-15)31-12-18(30)11-29-13-28-21-9-19(26)20(27)10-22(21)29/h1-10,13,18,23,30H,11-12H2/t18-/m1/s1. The molecule has 3 aromatic carbocycles. The van der Waals surface area contributed by atoms with Gasteiger partial charge in [0.15, 0.2) is 11.6 Å². The van der Waals surface area contributed by atoms with E-state index in [-0.39, 0.29) is 18.7 Å². The van der Waals surface area contributed by atoms with E-state index in [2.05, 4.69) is 4.98 Å². The van der Waals surface area contributed by atoms with E-state index in [0.29, 0.717) is 16.6 Å². The Labute approximate surface area is 175 Å². The predicted octanol–water partition coefficient (Wildman–Crippen LogP) is 4.76. The molecule has 1 aromatic heterocycles. The van der Waals surface area contributed by atoms with Crippen LogP contribution in [0.4, 0.5) is 17.6 Å². The van der Waals surface area contributed by atoms with E-state index >= 15 is 0 Å². The van der Waals surface area contributed by atoms with E-state index in [9.17, 15) is 22.7 Å². The number of ether oxygens (including phenoxy) is 1. The Morgan fingerprint density at radius 2 is 1.39 bits per heavy atom. The first kappa shape index (κ1) is 21.0. The Morgan fingerprint density at radius 1 is 0.839 bits per heavy atom. The van der Waals surface area contributed by atoms with Crippen molar-refractivity contribution in [2.45, 2.75) is 18.8 Å². The number of aliphatic hydroxyl groups is 1. The van der Waals surface area contributed by atoms with Gasteiger partial charge < -0.3 is 14.4 Å². The third kappa shape index (κ3) is 4.76. The van der Waals surface area contributed by atoms with Crippen molar-refractivity contribution in [2.24, 2.45) is 0 Å². The van der Waals surface area contributed by atoms with Crippen LogP contribution in [0.1, 0.15) is 17.2 Å². The smallest absolute Gasteiger partial charge is 0.161 e. The number of benzene rings is 3. The summed E-state index contributed by atoms with van der Waals surface area (Å²) in [6.45, 7) is -0.0934. The van der Waals surface area contributed by atoms with Crippen molar-refractivity contribution in [1.29, 1.82) is 0 Å². The highest BCUT2D eigenvalue weighted by molar-refractivity contribution is 5.75. The zero-order valence-electron chi connectivity index (χ0n) is 16.2. The molecular formula is C23H18F4N2O2. The summed E-state index contributed by atoms with van der Waals surface area (Å²) < 4.78 is 61.0. The molecule has 0 aliphatic rings. The Kier molecular flexibility index (Phi) is 6.01. The summed E-state index contributed by atoms with van der Waals surface area (Å²) in [5.74, 6) is -2.81. The highest BCUT2D eigenvalue weighted by Crippen LogP contribution is 2.27. The Balaban J connectivity index is 1.51. The van der Waals surface area contributed by atoms with Crippen molar-refractivity contribution < 1.29 is 27.4 Å². The molecule has 31 heavy (non-hydrogen) atoms. The second kappa shape index (κ2) is 8.87. The van der Waals surface area contributed by atoms with Crippen molar-refractivity contribution in [1.82, 2.24) is 9.55 Å². The molecule has 4 nitrogen and oxygen atoms in total. The lowest BCUT2D eigenvalue weighted by Gasteiger charge is -2.21. The minimum absolute atomic E-state index is 0.0289. The molecule has 0 unspecified atom stereocenters. The van der Waals surface area contributed by atoms with E-state index in [1.165, 1.54) is 35.2 Å². The molecule has 0 radical (unpaired) electrons. The van der Waals surface area contributed by atoms with Crippen LogP contribution in [0.15, 0.2) is 67.0 Å². The van der Waals surface area contributed by atoms with Gasteiger partial charge in [0.25, 0.3) is 0 Å². The highest BCUT2D eigenvalue weighted by atomic mass is 19.2. The van der Waals surface area contributed by atoms with Crippen molar-refractivity contribution in [3.63, 3.8) is 0 Å². The number of fused-ring (bicyclic) bond motifs is 1. The molecule has 1 N–H and O–H groups in total. The first-order valence-corrected chi connectivity index (χ1v) is 9.51. The van der Waals surface area contributed by atoms with E-state index in [0.717, 1.165) is 12.1 Å². The molecule has 1 heterocycles. The summed E-state index contributed by atoms with van der Waals surface area (Å²) >= 11 is 0. The molecular weight excluding hydrogens is 412 g/mol. The minimum Gasteiger partial charge on any atom is -0.389 e. The number of halogens is 4. The fourth-order valence-electron chi connectivity index (χ4n) is 3.35. The van der Waals surface area contributed by atoms with Crippen molar-refractivity contribution >= 4 is 11.0 Å². The quantitative estimate of drug-likeness (QED) is 0.430. The topological polar surface area (TPSA) is 47.3 Å². The van der Waals surface area contributed by atoms with Crippen LogP contribution >= 0.6 is 0 Å². The number of nitrogens with zero attached hydrogens (tertiary/aromatic N) is 2. The monoisotopic (exact) mass is 430 g/mol. The first-order chi connectivity index (χ1) is 14.9. The van der Waals surface area contributed by atoms with Crippen LogP contribution in [0.5, 0.6) is 0 Å². The van der Waals surface area contributed by atoms with Gasteiger partial charge in [0.2, 0.25) is 0 Å². The van der Waals surface area contributed by atoms with Gasteiger partial charge in [-0.3, -0.25) is 0 Å². The van der Waals surface area contributed by atoms with Crippen molar-refractivity contribution in [2.75, 3.05) is 6.61 Å². The molecule has 4 aromatic rings. The summed E-state index contributed by atoms with van der Waals surface area (Å²) in [7, 11) is 0. The number of rotatable bonds is 7. The van der Waals surface area contributed by atoms with E-state index in [1.807, 2.05) is 0 Å². The maximum atomic E-state index is 13.6. The maximum absolute atomic E-state index is 13.6. The third-order valence-corrected chi connectivity index (χ3v) is 4.87. The molecule has 4 rings (SSSR count). The van der Waals surface area contributed by atoms with Gasteiger partial charge in [0.05, 0.1) is 36.6 Å². The van der Waals surface area contributed by atoms with E-state index in [4.69, 9.17) is 4.74 Å². The number of hydrogen-bond acceptors (Lipinski definition) is 3. The van der Waals surface area contributed by atoms with E-state index < -0.39 is 35.5 Å². The SMILES string of the molecule is O[C@@H](COC(c1ccc(F)cc1)c1ccc(F)cc1)Cn1cnc2cc(F)c(F)cc21. The molecule has 8 heteroatoms. The van der Waals surface area contributed by atoms with Crippen LogP contribution in [0, 0.1) is 23.3 Å². The van der Waals surface area contributed by atoms with Gasteiger partial charge in [0, 0.05) is 12.1 Å². The summed E-state index contributed by atoms with van der Waals surface area (Å²) in [6.07, 6.45) is -0.291. The maximum Gasteiger partial charge on any atom is 0.161 e. The zero-order chi connectivity index (χ0) is 22.0. The molecule has 0 fully saturated rings. The largest absolute Gasteiger partial charge is 0.389 e. The molecule has 0 spiro atoms. The molecule has 0 aliphatic heterocycles. The molecule has 0 amide bonds. The van der Waals surface area contributed by atoms with E-state index in [1.54, 1.807) is 24.3 Å². The van der Waals surface area contributed by atoms with Crippen molar-refractivity contribution in [3.05, 3.63) is 101 Å². The highest BCUT2D eigenvalue weighted by Gasteiger charge is 2.18. The van der Waals surface area contributed by atoms with Gasteiger partial charge in [-0.1, -0.05) is 24.3 Å². The number of aliphatic hydroxyl groups excluding tert-OH is 1. The fourth-order valence-corrected chi connectivity index (χ4v) is 3.35. The summed E-state index contributed by atoms with van der Waals surface area (Å²) in [6, 6.07) is 13.4. The van der Waals surface area contributed by atoms with Gasteiger partial charge in [-0.05, 0) is 35.4 Å². The van der Waals surface area contributed by atoms with Crippen LogP contribution in [0.25, 0.3) is 11.0 Å². The second-order valence-corrected chi connectivity index (χ2v) is 7.12. The molecule has 0 saturated heterocycles. The third-order valence-electron chi connectivity index (χ3n) is 4.87. The first-order valence-electron chi connectivity index (χ1n) is 9.51. The molecule has 0 bridgehead atoms. The average Bonchev–Trinajstić information content (AvgIpc) is 3.12. The van der Waals surface area contributed by atoms with Crippen molar-refractivity contribution in [3.8, 4) is 0 Å².